The van der Waals surface area contributed by atoms with Gasteiger partial charge in [-0.15, -0.1) is 0 Å². The van der Waals surface area contributed by atoms with Gasteiger partial charge in [-0.25, -0.2) is 9.59 Å². The molecule has 110 valence electrons. The van der Waals surface area contributed by atoms with Crippen LogP contribution in [-0.2, 0) is 9.59 Å². The van der Waals surface area contributed by atoms with E-state index in [-0.39, 0.29) is 24.3 Å². The summed E-state index contributed by atoms with van der Waals surface area (Å²) in [6.07, 6.45) is 0.417. The number of anilines is 1. The van der Waals surface area contributed by atoms with Crippen molar-refractivity contribution in [3.05, 3.63) is 29.8 Å². The Balaban J connectivity index is 1.91. The van der Waals surface area contributed by atoms with Crippen molar-refractivity contribution in [3.63, 3.8) is 0 Å². The van der Waals surface area contributed by atoms with Gasteiger partial charge < -0.3 is 15.7 Å². The lowest BCUT2D eigenvalue weighted by Gasteiger charge is -2.21. The first kappa shape index (κ1) is 14.5. The molecule has 2 rings (SSSR count). The third-order valence-corrected chi connectivity index (χ3v) is 2.93. The van der Waals surface area contributed by atoms with Gasteiger partial charge in [0.25, 0.3) is 0 Å². The maximum Gasteiger partial charge on any atom is 0.335 e. The number of piperidine rings is 1. The summed E-state index contributed by atoms with van der Waals surface area (Å²) in [5, 5.41) is 15.8. The van der Waals surface area contributed by atoms with Crippen molar-refractivity contribution in [2.75, 3.05) is 5.32 Å². The van der Waals surface area contributed by atoms with E-state index in [0.717, 1.165) is 0 Å². The zero-order chi connectivity index (χ0) is 15.4. The van der Waals surface area contributed by atoms with Gasteiger partial charge in [-0.1, -0.05) is 0 Å². The monoisotopic (exact) mass is 291 g/mol. The van der Waals surface area contributed by atoms with Crippen LogP contribution in [-0.4, -0.2) is 35.0 Å². The average molecular weight is 291 g/mol. The lowest BCUT2D eigenvalue weighted by Crippen LogP contribution is -2.53. The normalized spacial score (nSPS) is 17.8. The molecule has 1 fully saturated rings. The molecule has 0 bridgehead atoms. The molecule has 0 saturated carbocycles. The Morgan fingerprint density at radius 2 is 1.86 bits per heavy atom. The number of amides is 4. The number of benzene rings is 1. The Morgan fingerprint density at radius 1 is 1.19 bits per heavy atom. The maximum absolute atomic E-state index is 11.7. The summed E-state index contributed by atoms with van der Waals surface area (Å²) >= 11 is 0. The molecule has 1 aromatic carbocycles. The molecule has 8 heteroatoms. The zero-order valence-corrected chi connectivity index (χ0v) is 10.9. The molecule has 0 spiro atoms. The number of rotatable bonds is 3. The van der Waals surface area contributed by atoms with E-state index >= 15 is 0 Å². The largest absolute Gasteiger partial charge is 0.478 e. The Hall–Kier alpha value is -2.90. The Morgan fingerprint density at radius 3 is 2.43 bits per heavy atom. The van der Waals surface area contributed by atoms with E-state index in [1.807, 2.05) is 0 Å². The molecule has 4 N–H and O–H groups in total. The molecule has 1 heterocycles. The van der Waals surface area contributed by atoms with Crippen LogP contribution in [0.15, 0.2) is 24.3 Å². The van der Waals surface area contributed by atoms with Gasteiger partial charge in [0.15, 0.2) is 0 Å². The lowest BCUT2D eigenvalue weighted by molar-refractivity contribution is -0.134. The average Bonchev–Trinajstić information content (AvgIpc) is 2.42. The van der Waals surface area contributed by atoms with E-state index in [1.54, 1.807) is 0 Å². The van der Waals surface area contributed by atoms with Gasteiger partial charge in [-0.05, 0) is 30.7 Å². The lowest BCUT2D eigenvalue weighted by atomic mass is 10.1. The van der Waals surface area contributed by atoms with Crippen LogP contribution in [0.1, 0.15) is 23.2 Å². The third-order valence-electron chi connectivity index (χ3n) is 2.93. The summed E-state index contributed by atoms with van der Waals surface area (Å²) in [6, 6.07) is 4.21. The highest BCUT2D eigenvalue weighted by Crippen LogP contribution is 2.10. The van der Waals surface area contributed by atoms with Crippen molar-refractivity contribution in [2.45, 2.75) is 18.9 Å². The summed E-state index contributed by atoms with van der Waals surface area (Å²) in [4.78, 5) is 44.9. The van der Waals surface area contributed by atoms with Crippen molar-refractivity contribution in [1.29, 1.82) is 0 Å². The molecule has 0 aromatic heterocycles. The standard InChI is InChI=1S/C13H13N3O5/c17-10-6-5-9(11(18)16-10)15-13(21)14-8-3-1-7(2-4-8)12(19)20/h1-4,9H,5-6H2,(H,19,20)(H2,14,15,21)(H,16,17,18). The molecule has 0 aliphatic carbocycles. The Bertz CT molecular complexity index is 596. The number of hydrogen-bond acceptors (Lipinski definition) is 4. The molecule has 8 nitrogen and oxygen atoms in total. The summed E-state index contributed by atoms with van der Waals surface area (Å²) in [5.74, 6) is -1.96. The predicted molar refractivity (Wildman–Crippen MR) is 71.7 cm³/mol. The summed E-state index contributed by atoms with van der Waals surface area (Å²) < 4.78 is 0. The fourth-order valence-corrected chi connectivity index (χ4v) is 1.85. The first-order chi connectivity index (χ1) is 9.95. The van der Waals surface area contributed by atoms with Crippen LogP contribution < -0.4 is 16.0 Å². The van der Waals surface area contributed by atoms with E-state index in [1.165, 1.54) is 24.3 Å². The minimum absolute atomic E-state index is 0.103. The number of carboxylic acids is 1. The van der Waals surface area contributed by atoms with Crippen LogP contribution in [0.25, 0.3) is 0 Å². The van der Waals surface area contributed by atoms with Gasteiger partial charge in [0.1, 0.15) is 6.04 Å². The molecule has 1 aliphatic rings. The highest BCUT2D eigenvalue weighted by molar-refractivity contribution is 6.02. The SMILES string of the molecule is O=C1CCC(NC(=O)Nc2ccc(C(=O)O)cc2)C(=O)N1. The third kappa shape index (κ3) is 3.78. The number of hydrogen-bond donors (Lipinski definition) is 4. The van der Waals surface area contributed by atoms with E-state index in [0.29, 0.717) is 5.69 Å². The van der Waals surface area contributed by atoms with Crippen molar-refractivity contribution < 1.29 is 24.3 Å². The van der Waals surface area contributed by atoms with Crippen LogP contribution in [0.2, 0.25) is 0 Å². The second kappa shape index (κ2) is 6.04. The van der Waals surface area contributed by atoms with Crippen molar-refractivity contribution >= 4 is 29.5 Å². The molecule has 1 saturated heterocycles. The van der Waals surface area contributed by atoms with E-state index in [2.05, 4.69) is 16.0 Å². The minimum atomic E-state index is -1.06. The van der Waals surface area contributed by atoms with Gasteiger partial charge >= 0.3 is 12.0 Å². The number of imide groups is 1. The zero-order valence-electron chi connectivity index (χ0n) is 10.9. The van der Waals surface area contributed by atoms with Crippen molar-refractivity contribution in [3.8, 4) is 0 Å². The molecule has 0 radical (unpaired) electrons. The first-order valence-corrected chi connectivity index (χ1v) is 6.20. The van der Waals surface area contributed by atoms with Gasteiger partial charge in [-0.2, -0.15) is 0 Å². The summed E-state index contributed by atoms with van der Waals surface area (Å²) in [5.41, 5.74) is 0.496. The maximum atomic E-state index is 11.7. The highest BCUT2D eigenvalue weighted by atomic mass is 16.4. The van der Waals surface area contributed by atoms with Gasteiger partial charge in [0, 0.05) is 12.1 Å². The molecule has 21 heavy (non-hydrogen) atoms. The van der Waals surface area contributed by atoms with Gasteiger partial charge in [0.05, 0.1) is 5.56 Å². The molecule has 1 aromatic rings. The van der Waals surface area contributed by atoms with Gasteiger partial charge in [-0.3, -0.25) is 14.9 Å². The van der Waals surface area contributed by atoms with Crippen LogP contribution in [0.3, 0.4) is 0 Å². The number of carboxylic acid groups (broad SMARTS) is 1. The number of nitrogens with one attached hydrogen (secondary N) is 3. The quantitative estimate of drug-likeness (QED) is 0.597. The van der Waals surface area contributed by atoms with Crippen molar-refractivity contribution in [2.24, 2.45) is 0 Å². The number of carbonyl (C=O) groups excluding carboxylic acids is 3. The van der Waals surface area contributed by atoms with Crippen molar-refractivity contribution in [1.82, 2.24) is 10.6 Å². The minimum Gasteiger partial charge on any atom is -0.478 e. The molecule has 1 atom stereocenters. The van der Waals surface area contributed by atoms with E-state index in [9.17, 15) is 19.2 Å². The van der Waals surface area contributed by atoms with E-state index in [4.69, 9.17) is 5.11 Å². The van der Waals surface area contributed by atoms with Crippen LogP contribution in [0, 0.1) is 0 Å². The van der Waals surface area contributed by atoms with Gasteiger partial charge in [0.2, 0.25) is 11.8 Å². The molecular formula is C13H13N3O5. The molecule has 1 unspecified atom stereocenters. The Labute approximate surface area is 119 Å². The van der Waals surface area contributed by atoms with Crippen LogP contribution >= 0.6 is 0 Å². The fraction of sp³-hybridized carbons (Fsp3) is 0.231. The molecule has 4 amide bonds. The first-order valence-electron chi connectivity index (χ1n) is 6.20. The molecule has 1 aliphatic heterocycles. The summed E-state index contributed by atoms with van der Waals surface area (Å²) in [6.45, 7) is 0. The fourth-order valence-electron chi connectivity index (χ4n) is 1.85. The summed E-state index contributed by atoms with van der Waals surface area (Å²) in [7, 11) is 0. The topological polar surface area (TPSA) is 125 Å². The smallest absolute Gasteiger partial charge is 0.335 e. The van der Waals surface area contributed by atoms with Crippen LogP contribution in [0.5, 0.6) is 0 Å². The highest BCUT2D eigenvalue weighted by Gasteiger charge is 2.27. The number of aromatic carboxylic acids is 1. The number of urea groups is 1. The second-order valence-electron chi connectivity index (χ2n) is 4.48. The molecular weight excluding hydrogens is 278 g/mol. The van der Waals surface area contributed by atoms with Crippen LogP contribution in [0.4, 0.5) is 10.5 Å². The number of carbonyl (C=O) groups is 4. The predicted octanol–water partition coefficient (Wildman–Crippen LogP) is 0.311. The second-order valence-corrected chi connectivity index (χ2v) is 4.48. The van der Waals surface area contributed by atoms with E-state index < -0.39 is 23.9 Å². The Kier molecular flexibility index (Phi) is 4.17.